The molecule has 0 aliphatic rings. The predicted octanol–water partition coefficient (Wildman–Crippen LogP) is 1.20. The molecule has 0 saturated heterocycles. The van der Waals surface area contributed by atoms with Gasteiger partial charge in [-0.15, -0.1) is 0 Å². The third-order valence-corrected chi connectivity index (χ3v) is 1.60. The Kier molecular flexibility index (Phi) is 3.08. The minimum absolute atomic E-state index is 0.348. The summed E-state index contributed by atoms with van der Waals surface area (Å²) < 4.78 is 12.6. The number of benzene rings is 1. The lowest BCUT2D eigenvalue weighted by Gasteiger charge is -2.10. The summed E-state index contributed by atoms with van der Waals surface area (Å²) in [6, 6.07) is 4.11. The van der Waals surface area contributed by atoms with Crippen molar-refractivity contribution in [2.75, 3.05) is 17.6 Å². The zero-order valence-electron chi connectivity index (χ0n) is 7.42. The fraction of sp³-hybridized carbons (Fsp3) is 0.333. The van der Waals surface area contributed by atoms with E-state index in [1.165, 1.54) is 12.1 Å². The SMILES string of the molecule is CC(O)CNc1ccc(F)cc1N. The van der Waals surface area contributed by atoms with E-state index >= 15 is 0 Å². The van der Waals surface area contributed by atoms with Gasteiger partial charge < -0.3 is 16.2 Å². The monoisotopic (exact) mass is 184 g/mol. The Labute approximate surface area is 76.4 Å². The Balaban J connectivity index is 2.67. The van der Waals surface area contributed by atoms with Crippen molar-refractivity contribution >= 4 is 11.4 Å². The molecule has 72 valence electrons. The highest BCUT2D eigenvalue weighted by Crippen LogP contribution is 2.18. The Morgan fingerprint density at radius 3 is 2.85 bits per heavy atom. The van der Waals surface area contributed by atoms with Crippen LogP contribution in [0.2, 0.25) is 0 Å². The van der Waals surface area contributed by atoms with Crippen molar-refractivity contribution in [3.63, 3.8) is 0 Å². The number of halogens is 1. The Morgan fingerprint density at radius 2 is 2.31 bits per heavy atom. The molecule has 3 nitrogen and oxygen atoms in total. The summed E-state index contributed by atoms with van der Waals surface area (Å²) in [6.45, 7) is 2.06. The molecule has 1 aromatic carbocycles. The molecule has 4 heteroatoms. The third kappa shape index (κ3) is 2.91. The third-order valence-electron chi connectivity index (χ3n) is 1.60. The molecule has 0 heterocycles. The van der Waals surface area contributed by atoms with Crippen LogP contribution in [-0.4, -0.2) is 17.8 Å². The van der Waals surface area contributed by atoms with Crippen LogP contribution < -0.4 is 11.1 Å². The number of aliphatic hydroxyl groups excluding tert-OH is 1. The van der Waals surface area contributed by atoms with Crippen LogP contribution in [-0.2, 0) is 0 Å². The smallest absolute Gasteiger partial charge is 0.125 e. The van der Waals surface area contributed by atoms with Crippen LogP contribution >= 0.6 is 0 Å². The predicted molar refractivity (Wildman–Crippen MR) is 51.0 cm³/mol. The first-order valence-electron chi connectivity index (χ1n) is 4.06. The van der Waals surface area contributed by atoms with Gasteiger partial charge in [0.25, 0.3) is 0 Å². The first-order valence-corrected chi connectivity index (χ1v) is 4.06. The van der Waals surface area contributed by atoms with Crippen LogP contribution in [0.25, 0.3) is 0 Å². The maximum absolute atomic E-state index is 12.6. The van der Waals surface area contributed by atoms with Gasteiger partial charge in [-0.25, -0.2) is 4.39 Å². The largest absolute Gasteiger partial charge is 0.397 e. The minimum atomic E-state index is -0.454. The molecule has 13 heavy (non-hydrogen) atoms. The van der Waals surface area contributed by atoms with Gasteiger partial charge in [0, 0.05) is 6.54 Å². The summed E-state index contributed by atoms with van der Waals surface area (Å²) in [6.07, 6.45) is -0.454. The number of nitrogen functional groups attached to an aromatic ring is 1. The van der Waals surface area contributed by atoms with E-state index in [9.17, 15) is 4.39 Å². The average Bonchev–Trinajstić information content (AvgIpc) is 2.02. The maximum atomic E-state index is 12.6. The number of nitrogens with two attached hydrogens (primary N) is 1. The number of hydrogen-bond donors (Lipinski definition) is 3. The van der Waals surface area contributed by atoms with E-state index in [2.05, 4.69) is 5.32 Å². The lowest BCUT2D eigenvalue weighted by atomic mass is 10.2. The molecular formula is C9H13FN2O. The molecule has 0 amide bonds. The summed E-state index contributed by atoms with van der Waals surface area (Å²) in [5, 5.41) is 11.9. The van der Waals surface area contributed by atoms with Gasteiger partial charge in [-0.05, 0) is 25.1 Å². The molecular weight excluding hydrogens is 171 g/mol. The van der Waals surface area contributed by atoms with Gasteiger partial charge >= 0.3 is 0 Å². The molecule has 4 N–H and O–H groups in total. The van der Waals surface area contributed by atoms with Crippen molar-refractivity contribution in [2.45, 2.75) is 13.0 Å². The molecule has 1 rings (SSSR count). The molecule has 1 atom stereocenters. The number of hydrogen-bond acceptors (Lipinski definition) is 3. The van der Waals surface area contributed by atoms with Crippen molar-refractivity contribution in [3.05, 3.63) is 24.0 Å². The van der Waals surface area contributed by atoms with E-state index in [1.54, 1.807) is 13.0 Å². The van der Waals surface area contributed by atoms with Crippen molar-refractivity contribution < 1.29 is 9.50 Å². The summed E-state index contributed by atoms with van der Waals surface area (Å²) >= 11 is 0. The van der Waals surface area contributed by atoms with E-state index in [-0.39, 0.29) is 5.82 Å². The standard InChI is InChI=1S/C9H13FN2O/c1-6(13)5-12-9-3-2-7(10)4-8(9)11/h2-4,6,12-13H,5,11H2,1H3. The van der Waals surface area contributed by atoms with Crippen molar-refractivity contribution in [1.82, 2.24) is 0 Å². The molecule has 0 aliphatic heterocycles. The summed E-state index contributed by atoms with van der Waals surface area (Å²) in [5.74, 6) is -0.361. The van der Waals surface area contributed by atoms with Gasteiger partial charge in [0.1, 0.15) is 5.82 Å². The van der Waals surface area contributed by atoms with E-state index in [4.69, 9.17) is 10.8 Å². The molecule has 0 bridgehead atoms. The van der Waals surface area contributed by atoms with Crippen LogP contribution in [0, 0.1) is 5.82 Å². The van der Waals surface area contributed by atoms with E-state index in [0.29, 0.717) is 17.9 Å². The fourth-order valence-corrected chi connectivity index (χ4v) is 0.952. The van der Waals surface area contributed by atoms with E-state index in [0.717, 1.165) is 0 Å². The number of aliphatic hydroxyl groups is 1. The fourth-order valence-electron chi connectivity index (χ4n) is 0.952. The molecule has 0 spiro atoms. The molecule has 1 aromatic rings. The molecule has 0 fully saturated rings. The number of nitrogens with one attached hydrogen (secondary N) is 1. The molecule has 0 aromatic heterocycles. The number of anilines is 2. The Morgan fingerprint density at radius 1 is 1.62 bits per heavy atom. The zero-order chi connectivity index (χ0) is 9.84. The lowest BCUT2D eigenvalue weighted by molar-refractivity contribution is 0.208. The van der Waals surface area contributed by atoms with E-state index in [1.807, 2.05) is 0 Å². The van der Waals surface area contributed by atoms with Gasteiger partial charge in [-0.1, -0.05) is 0 Å². The second kappa shape index (κ2) is 4.09. The summed E-state index contributed by atoms with van der Waals surface area (Å²) in [4.78, 5) is 0. The van der Waals surface area contributed by atoms with Crippen LogP contribution in [0.4, 0.5) is 15.8 Å². The van der Waals surface area contributed by atoms with Gasteiger partial charge in [0.2, 0.25) is 0 Å². The van der Waals surface area contributed by atoms with Gasteiger partial charge in [0.15, 0.2) is 0 Å². The number of rotatable bonds is 3. The van der Waals surface area contributed by atoms with E-state index < -0.39 is 6.10 Å². The lowest BCUT2D eigenvalue weighted by Crippen LogP contribution is -2.16. The van der Waals surface area contributed by atoms with Crippen molar-refractivity contribution in [2.24, 2.45) is 0 Å². The second-order valence-corrected chi connectivity index (χ2v) is 2.96. The zero-order valence-corrected chi connectivity index (χ0v) is 7.42. The van der Waals surface area contributed by atoms with Crippen molar-refractivity contribution in [3.8, 4) is 0 Å². The second-order valence-electron chi connectivity index (χ2n) is 2.96. The topological polar surface area (TPSA) is 58.3 Å². The highest BCUT2D eigenvalue weighted by molar-refractivity contribution is 5.65. The van der Waals surface area contributed by atoms with Crippen LogP contribution in [0.15, 0.2) is 18.2 Å². The summed E-state index contributed by atoms with van der Waals surface area (Å²) in [7, 11) is 0. The molecule has 0 aliphatic carbocycles. The molecule has 1 unspecified atom stereocenters. The first kappa shape index (κ1) is 9.80. The van der Waals surface area contributed by atoms with Crippen LogP contribution in [0.1, 0.15) is 6.92 Å². The Hall–Kier alpha value is -1.29. The Bertz CT molecular complexity index is 289. The minimum Gasteiger partial charge on any atom is -0.397 e. The highest BCUT2D eigenvalue weighted by atomic mass is 19.1. The highest BCUT2D eigenvalue weighted by Gasteiger charge is 2.01. The van der Waals surface area contributed by atoms with Gasteiger partial charge in [0.05, 0.1) is 17.5 Å². The quantitative estimate of drug-likeness (QED) is 0.619. The van der Waals surface area contributed by atoms with Crippen molar-refractivity contribution in [1.29, 1.82) is 0 Å². The summed E-state index contributed by atoms with van der Waals surface area (Å²) in [5.41, 5.74) is 6.51. The maximum Gasteiger partial charge on any atom is 0.125 e. The normalized spacial score (nSPS) is 12.5. The van der Waals surface area contributed by atoms with Crippen LogP contribution in [0.3, 0.4) is 0 Å². The van der Waals surface area contributed by atoms with Gasteiger partial charge in [-0.3, -0.25) is 0 Å². The molecule has 0 saturated carbocycles. The first-order chi connectivity index (χ1) is 6.09. The average molecular weight is 184 g/mol. The molecule has 0 radical (unpaired) electrons. The van der Waals surface area contributed by atoms with Crippen LogP contribution in [0.5, 0.6) is 0 Å². The van der Waals surface area contributed by atoms with Gasteiger partial charge in [-0.2, -0.15) is 0 Å².